The Morgan fingerprint density at radius 2 is 1.65 bits per heavy atom. The van der Waals surface area contributed by atoms with Gasteiger partial charge in [0.15, 0.2) is 0 Å². The summed E-state index contributed by atoms with van der Waals surface area (Å²) in [5, 5.41) is 4.01. The first kappa shape index (κ1) is 20.0. The fourth-order valence-electron chi connectivity index (χ4n) is 3.05. The van der Waals surface area contributed by atoms with Gasteiger partial charge < -0.3 is 5.32 Å². The summed E-state index contributed by atoms with van der Waals surface area (Å²) in [5.74, 6) is -0.0460. The van der Waals surface area contributed by atoms with E-state index in [0.29, 0.717) is 20.8 Å². The van der Waals surface area contributed by atoms with Gasteiger partial charge in [-0.1, -0.05) is 62.9 Å². The van der Waals surface area contributed by atoms with Gasteiger partial charge in [-0.15, -0.1) is 0 Å². The zero-order valence-corrected chi connectivity index (χ0v) is 17.8. The molecule has 3 nitrogen and oxygen atoms in total. The molecule has 1 aliphatic rings. The summed E-state index contributed by atoms with van der Waals surface area (Å²) in [6.45, 7) is 2.69. The van der Waals surface area contributed by atoms with E-state index in [9.17, 15) is 4.79 Å². The number of halogens is 4. The van der Waals surface area contributed by atoms with Gasteiger partial charge in [0.25, 0.3) is 0 Å². The molecule has 3 rings (SSSR count). The summed E-state index contributed by atoms with van der Waals surface area (Å²) >= 11 is 21.5. The van der Waals surface area contributed by atoms with E-state index in [-0.39, 0.29) is 11.8 Å². The van der Waals surface area contributed by atoms with Gasteiger partial charge in [-0.25, -0.2) is 0 Å². The van der Waals surface area contributed by atoms with Crippen molar-refractivity contribution >= 4 is 62.3 Å². The molecule has 0 spiro atoms. The lowest BCUT2D eigenvalue weighted by atomic mass is 9.95. The minimum absolute atomic E-state index is 0.0198. The first-order valence-corrected chi connectivity index (χ1v) is 10.3. The van der Waals surface area contributed by atoms with Crippen LogP contribution in [0.4, 0.5) is 5.69 Å². The van der Waals surface area contributed by atoms with Crippen molar-refractivity contribution in [1.29, 1.82) is 0 Å². The van der Waals surface area contributed by atoms with Gasteiger partial charge >= 0.3 is 0 Å². The number of nitrogens with zero attached hydrogens (tertiary/aromatic N) is 1. The minimum atomic E-state index is -0.0262. The number of benzene rings is 2. The van der Waals surface area contributed by atoms with Crippen molar-refractivity contribution in [3.63, 3.8) is 0 Å². The van der Waals surface area contributed by atoms with Gasteiger partial charge in [0, 0.05) is 16.9 Å². The number of hydrogen-bond donors (Lipinski definition) is 1. The third kappa shape index (κ3) is 5.14. The van der Waals surface area contributed by atoms with E-state index in [4.69, 9.17) is 34.8 Å². The van der Waals surface area contributed by atoms with Crippen LogP contribution in [0, 0.1) is 5.92 Å². The Morgan fingerprint density at radius 3 is 2.31 bits per heavy atom. The van der Waals surface area contributed by atoms with Crippen molar-refractivity contribution in [2.75, 3.05) is 18.4 Å². The lowest BCUT2D eigenvalue weighted by Crippen LogP contribution is -2.37. The molecule has 2 aromatic carbocycles. The van der Waals surface area contributed by atoms with Crippen LogP contribution >= 0.6 is 50.7 Å². The lowest BCUT2D eigenvalue weighted by Gasteiger charge is -2.31. The third-order valence-electron chi connectivity index (χ3n) is 4.55. The van der Waals surface area contributed by atoms with E-state index in [2.05, 4.69) is 50.4 Å². The second kappa shape index (κ2) is 8.94. The SMILES string of the molecule is O=C(Nc1cc(Cl)c(Cl)cc1Cl)C1CCN(Cc2ccc(Br)cc2)CC1. The van der Waals surface area contributed by atoms with Crippen LogP contribution in [0.2, 0.25) is 15.1 Å². The fourth-order valence-corrected chi connectivity index (χ4v) is 3.91. The molecule has 0 atom stereocenters. The molecule has 1 heterocycles. The number of carbonyl (C=O) groups is 1. The van der Waals surface area contributed by atoms with Gasteiger partial charge in [-0.2, -0.15) is 0 Å². The molecular formula is C19H18BrCl3N2O. The maximum atomic E-state index is 12.5. The maximum Gasteiger partial charge on any atom is 0.227 e. The Morgan fingerprint density at radius 1 is 1.04 bits per heavy atom. The number of amides is 1. The molecule has 0 radical (unpaired) electrons. The average Bonchev–Trinajstić information content (AvgIpc) is 2.62. The van der Waals surface area contributed by atoms with E-state index in [1.807, 2.05) is 0 Å². The van der Waals surface area contributed by atoms with Gasteiger partial charge in [0.1, 0.15) is 0 Å². The first-order chi connectivity index (χ1) is 12.4. The van der Waals surface area contributed by atoms with E-state index < -0.39 is 0 Å². The highest BCUT2D eigenvalue weighted by Crippen LogP contribution is 2.33. The van der Waals surface area contributed by atoms with Gasteiger partial charge in [0.05, 0.1) is 20.8 Å². The number of anilines is 1. The zero-order chi connectivity index (χ0) is 18.7. The molecule has 138 valence electrons. The molecule has 0 bridgehead atoms. The number of carbonyl (C=O) groups excluding carboxylic acids is 1. The van der Waals surface area contributed by atoms with Crippen LogP contribution in [0.5, 0.6) is 0 Å². The lowest BCUT2D eigenvalue weighted by molar-refractivity contribution is -0.121. The minimum Gasteiger partial charge on any atom is -0.324 e. The molecule has 7 heteroatoms. The highest BCUT2D eigenvalue weighted by Gasteiger charge is 2.25. The van der Waals surface area contributed by atoms with Crippen LogP contribution in [0.15, 0.2) is 40.9 Å². The molecule has 2 aromatic rings. The zero-order valence-electron chi connectivity index (χ0n) is 13.9. The molecule has 0 unspecified atom stereocenters. The fraction of sp³-hybridized carbons (Fsp3) is 0.316. The smallest absolute Gasteiger partial charge is 0.227 e. The standard InChI is InChI=1S/C19H18BrCl3N2O/c20-14-3-1-12(2-4-14)11-25-7-5-13(6-8-25)19(26)24-18-10-16(22)15(21)9-17(18)23/h1-4,9-10,13H,5-8,11H2,(H,24,26). The Labute approximate surface area is 176 Å². The largest absolute Gasteiger partial charge is 0.324 e. The van der Waals surface area contributed by atoms with Crippen molar-refractivity contribution in [1.82, 2.24) is 4.90 Å². The molecule has 0 aromatic heterocycles. The van der Waals surface area contributed by atoms with Crippen molar-refractivity contribution in [3.8, 4) is 0 Å². The molecule has 0 aliphatic carbocycles. The third-order valence-corrected chi connectivity index (χ3v) is 6.11. The van der Waals surface area contributed by atoms with Gasteiger partial charge in [-0.05, 0) is 55.8 Å². The van der Waals surface area contributed by atoms with Crippen LogP contribution < -0.4 is 5.32 Å². The van der Waals surface area contributed by atoms with Crippen LogP contribution in [-0.2, 0) is 11.3 Å². The second-order valence-electron chi connectivity index (χ2n) is 6.41. The number of likely N-dealkylation sites (tertiary alicyclic amines) is 1. The molecule has 1 fully saturated rings. The van der Waals surface area contributed by atoms with Gasteiger partial charge in [0.2, 0.25) is 5.91 Å². The van der Waals surface area contributed by atoms with Crippen LogP contribution in [0.3, 0.4) is 0 Å². The summed E-state index contributed by atoms with van der Waals surface area (Å²) in [6.07, 6.45) is 1.64. The number of nitrogens with one attached hydrogen (secondary N) is 1. The molecule has 1 aliphatic heterocycles. The molecule has 1 saturated heterocycles. The van der Waals surface area contributed by atoms with Crippen molar-refractivity contribution < 1.29 is 4.79 Å². The number of rotatable bonds is 4. The van der Waals surface area contributed by atoms with E-state index in [1.165, 1.54) is 5.56 Å². The normalized spacial score (nSPS) is 15.8. The van der Waals surface area contributed by atoms with Crippen LogP contribution in [0.1, 0.15) is 18.4 Å². The summed E-state index contributed by atoms with van der Waals surface area (Å²) in [5.41, 5.74) is 1.78. The predicted molar refractivity (Wildman–Crippen MR) is 112 cm³/mol. The van der Waals surface area contributed by atoms with Gasteiger partial charge in [-0.3, -0.25) is 9.69 Å². The summed E-state index contributed by atoms with van der Waals surface area (Å²) in [6, 6.07) is 11.5. The molecule has 1 amide bonds. The van der Waals surface area contributed by atoms with E-state index in [1.54, 1.807) is 12.1 Å². The van der Waals surface area contributed by atoms with E-state index >= 15 is 0 Å². The summed E-state index contributed by atoms with van der Waals surface area (Å²) in [4.78, 5) is 14.9. The molecular weight excluding hydrogens is 458 g/mol. The first-order valence-electron chi connectivity index (χ1n) is 8.34. The van der Waals surface area contributed by atoms with Crippen molar-refractivity contribution in [2.45, 2.75) is 19.4 Å². The average molecular weight is 477 g/mol. The van der Waals surface area contributed by atoms with E-state index in [0.717, 1.165) is 36.9 Å². The predicted octanol–water partition coefficient (Wildman–Crippen LogP) is 6.26. The Bertz CT molecular complexity index is 790. The Hall–Kier alpha value is -0.780. The Kier molecular flexibility index (Phi) is 6.87. The van der Waals surface area contributed by atoms with Crippen LogP contribution in [0.25, 0.3) is 0 Å². The molecule has 1 N–H and O–H groups in total. The number of hydrogen-bond acceptors (Lipinski definition) is 2. The van der Waals surface area contributed by atoms with Crippen molar-refractivity contribution in [3.05, 3.63) is 61.5 Å². The summed E-state index contributed by atoms with van der Waals surface area (Å²) in [7, 11) is 0. The highest BCUT2D eigenvalue weighted by atomic mass is 79.9. The monoisotopic (exact) mass is 474 g/mol. The maximum absolute atomic E-state index is 12.5. The number of piperidine rings is 1. The highest BCUT2D eigenvalue weighted by molar-refractivity contribution is 9.10. The van der Waals surface area contributed by atoms with Crippen molar-refractivity contribution in [2.24, 2.45) is 5.92 Å². The molecule has 0 saturated carbocycles. The Balaban J connectivity index is 1.53. The topological polar surface area (TPSA) is 32.3 Å². The molecule has 26 heavy (non-hydrogen) atoms. The quantitative estimate of drug-likeness (QED) is 0.528. The van der Waals surface area contributed by atoms with Crippen LogP contribution in [-0.4, -0.2) is 23.9 Å². The second-order valence-corrected chi connectivity index (χ2v) is 8.55. The summed E-state index contributed by atoms with van der Waals surface area (Å²) < 4.78 is 1.08.